The number of aliphatic hydroxyl groups is 1. The predicted octanol–water partition coefficient (Wildman–Crippen LogP) is -1.33. The molecule has 1 rings (SSSR count). The van der Waals surface area contributed by atoms with Crippen molar-refractivity contribution in [3.63, 3.8) is 0 Å². The Balaban J connectivity index is 2.79. The summed E-state index contributed by atoms with van der Waals surface area (Å²) < 4.78 is 0. The Hall–Kier alpha value is -1.54. The SMILES string of the molecule is C#CC(=O)N1C[C@H](O)C[C@H]1C(=O)O. The maximum absolute atomic E-state index is 11.0. The van der Waals surface area contributed by atoms with Crippen LogP contribution in [0.15, 0.2) is 0 Å². The van der Waals surface area contributed by atoms with E-state index in [2.05, 4.69) is 0 Å². The molecule has 5 heteroatoms. The summed E-state index contributed by atoms with van der Waals surface area (Å²) in [5, 5.41) is 17.8. The lowest BCUT2D eigenvalue weighted by Gasteiger charge is -2.17. The highest BCUT2D eigenvalue weighted by molar-refractivity contribution is 5.96. The van der Waals surface area contributed by atoms with Gasteiger partial charge in [0.25, 0.3) is 5.91 Å². The van der Waals surface area contributed by atoms with E-state index in [-0.39, 0.29) is 13.0 Å². The van der Waals surface area contributed by atoms with Gasteiger partial charge in [-0.25, -0.2) is 4.79 Å². The van der Waals surface area contributed by atoms with Gasteiger partial charge in [0, 0.05) is 13.0 Å². The highest BCUT2D eigenvalue weighted by atomic mass is 16.4. The van der Waals surface area contributed by atoms with Crippen molar-refractivity contribution in [1.82, 2.24) is 4.90 Å². The number of nitrogens with zero attached hydrogens (tertiary/aromatic N) is 1. The van der Waals surface area contributed by atoms with Crippen LogP contribution in [0.4, 0.5) is 0 Å². The third-order valence-corrected chi connectivity index (χ3v) is 1.95. The Morgan fingerprint density at radius 2 is 2.15 bits per heavy atom. The van der Waals surface area contributed by atoms with Crippen molar-refractivity contribution in [3.8, 4) is 12.3 Å². The summed E-state index contributed by atoms with van der Waals surface area (Å²) in [6.07, 6.45) is 4.10. The first-order valence-corrected chi connectivity index (χ1v) is 3.74. The third-order valence-electron chi connectivity index (χ3n) is 1.95. The number of amides is 1. The van der Waals surface area contributed by atoms with Crippen LogP contribution in [0.3, 0.4) is 0 Å². The maximum atomic E-state index is 11.0. The maximum Gasteiger partial charge on any atom is 0.326 e. The van der Waals surface area contributed by atoms with Crippen LogP contribution in [-0.2, 0) is 9.59 Å². The Kier molecular flexibility index (Phi) is 2.54. The molecule has 0 saturated carbocycles. The first kappa shape index (κ1) is 9.55. The molecule has 13 heavy (non-hydrogen) atoms. The molecule has 1 heterocycles. The summed E-state index contributed by atoms with van der Waals surface area (Å²) in [5.74, 6) is -0.00468. The lowest BCUT2D eigenvalue weighted by Crippen LogP contribution is -2.39. The Morgan fingerprint density at radius 1 is 1.54 bits per heavy atom. The summed E-state index contributed by atoms with van der Waals surface area (Å²) in [7, 11) is 0. The largest absolute Gasteiger partial charge is 0.480 e. The van der Waals surface area contributed by atoms with Gasteiger partial charge >= 0.3 is 5.97 Å². The molecule has 0 unspecified atom stereocenters. The predicted molar refractivity (Wildman–Crippen MR) is 42.6 cm³/mol. The summed E-state index contributed by atoms with van der Waals surface area (Å²) >= 11 is 0. The standard InChI is InChI=1S/C8H9NO4/c1-2-7(11)9-4-5(10)3-6(9)8(12)13/h1,5-6,10H,3-4H2,(H,12,13)/t5-,6+/m1/s1. The van der Waals surface area contributed by atoms with Crippen molar-refractivity contribution < 1.29 is 19.8 Å². The molecule has 1 aliphatic rings. The molecule has 1 saturated heterocycles. The van der Waals surface area contributed by atoms with Gasteiger partial charge in [0.15, 0.2) is 0 Å². The lowest BCUT2D eigenvalue weighted by molar-refractivity contribution is -0.146. The zero-order chi connectivity index (χ0) is 10.0. The van der Waals surface area contributed by atoms with Crippen molar-refractivity contribution in [3.05, 3.63) is 0 Å². The molecule has 1 amide bonds. The molecule has 0 spiro atoms. The first-order chi connectivity index (χ1) is 6.06. The van der Waals surface area contributed by atoms with Gasteiger partial charge in [-0.1, -0.05) is 0 Å². The van der Waals surface area contributed by atoms with Gasteiger partial charge in [-0.05, 0) is 5.92 Å². The van der Waals surface area contributed by atoms with Crippen molar-refractivity contribution in [2.24, 2.45) is 0 Å². The number of carboxylic acid groups (broad SMARTS) is 1. The second-order valence-corrected chi connectivity index (χ2v) is 2.85. The van der Waals surface area contributed by atoms with Crippen LogP contribution in [0.1, 0.15) is 6.42 Å². The van der Waals surface area contributed by atoms with Gasteiger partial charge < -0.3 is 15.1 Å². The Morgan fingerprint density at radius 3 is 2.62 bits per heavy atom. The minimum absolute atomic E-state index is 0.000000000000000222. The molecule has 70 valence electrons. The van der Waals surface area contributed by atoms with E-state index in [0.717, 1.165) is 4.90 Å². The molecule has 5 nitrogen and oxygen atoms in total. The van der Waals surface area contributed by atoms with Gasteiger partial charge in [0.1, 0.15) is 6.04 Å². The number of likely N-dealkylation sites (tertiary alicyclic amines) is 1. The molecule has 0 aromatic heterocycles. The fourth-order valence-electron chi connectivity index (χ4n) is 1.36. The van der Waals surface area contributed by atoms with Crippen LogP contribution >= 0.6 is 0 Å². The van der Waals surface area contributed by atoms with Crippen molar-refractivity contribution in [2.45, 2.75) is 18.6 Å². The summed E-state index contributed by atoms with van der Waals surface area (Å²) in [6.45, 7) is 0.000000000000000222. The van der Waals surface area contributed by atoms with Gasteiger partial charge in [0.2, 0.25) is 0 Å². The highest BCUT2D eigenvalue weighted by Gasteiger charge is 2.38. The zero-order valence-electron chi connectivity index (χ0n) is 6.80. The van der Waals surface area contributed by atoms with Crippen molar-refractivity contribution in [1.29, 1.82) is 0 Å². The van der Waals surface area contributed by atoms with E-state index >= 15 is 0 Å². The number of terminal acetylenes is 1. The molecule has 1 aliphatic heterocycles. The van der Waals surface area contributed by atoms with Crippen LogP contribution < -0.4 is 0 Å². The van der Waals surface area contributed by atoms with E-state index < -0.39 is 24.0 Å². The monoisotopic (exact) mass is 183 g/mol. The van der Waals surface area contributed by atoms with Crippen molar-refractivity contribution >= 4 is 11.9 Å². The topological polar surface area (TPSA) is 77.8 Å². The van der Waals surface area contributed by atoms with Gasteiger partial charge in [0.05, 0.1) is 6.10 Å². The van der Waals surface area contributed by atoms with Crippen molar-refractivity contribution in [2.75, 3.05) is 6.54 Å². The van der Waals surface area contributed by atoms with E-state index in [1.165, 1.54) is 0 Å². The molecule has 0 aromatic carbocycles. The number of hydrogen-bond donors (Lipinski definition) is 2. The molecular formula is C8H9NO4. The molecule has 2 atom stereocenters. The zero-order valence-corrected chi connectivity index (χ0v) is 6.80. The second-order valence-electron chi connectivity index (χ2n) is 2.85. The van der Waals surface area contributed by atoms with E-state index in [1.807, 2.05) is 5.92 Å². The van der Waals surface area contributed by atoms with E-state index in [1.54, 1.807) is 0 Å². The molecule has 0 bridgehead atoms. The highest BCUT2D eigenvalue weighted by Crippen LogP contribution is 2.17. The summed E-state index contributed by atoms with van der Waals surface area (Å²) in [6, 6.07) is -0.987. The molecule has 2 N–H and O–H groups in total. The number of rotatable bonds is 1. The Labute approximate surface area is 75.0 Å². The number of carboxylic acids is 1. The molecular weight excluding hydrogens is 174 g/mol. The number of β-amino-alcohol motifs (C(OH)–C–C–N with tert-alkyl or cyclic N) is 1. The summed E-state index contributed by atoms with van der Waals surface area (Å²) in [5.41, 5.74) is 0. The summed E-state index contributed by atoms with van der Waals surface area (Å²) in [4.78, 5) is 22.6. The minimum atomic E-state index is -1.14. The molecule has 0 aromatic rings. The average Bonchev–Trinajstić information content (AvgIpc) is 2.46. The number of hydrogen-bond acceptors (Lipinski definition) is 3. The molecule has 0 radical (unpaired) electrons. The molecule has 0 aliphatic carbocycles. The van der Waals surface area contributed by atoms with Crippen LogP contribution in [0.25, 0.3) is 0 Å². The average molecular weight is 183 g/mol. The van der Waals surface area contributed by atoms with Gasteiger partial charge in [-0.15, -0.1) is 6.42 Å². The van der Waals surface area contributed by atoms with Gasteiger partial charge in [-0.2, -0.15) is 0 Å². The van der Waals surface area contributed by atoms with E-state index in [9.17, 15) is 9.59 Å². The lowest BCUT2D eigenvalue weighted by atomic mass is 10.2. The number of aliphatic carboxylic acids is 1. The number of carbonyl (C=O) groups is 2. The quantitative estimate of drug-likeness (QED) is 0.493. The normalized spacial score (nSPS) is 26.9. The fraction of sp³-hybridized carbons (Fsp3) is 0.500. The van der Waals surface area contributed by atoms with E-state index in [0.29, 0.717) is 0 Å². The molecule has 1 fully saturated rings. The van der Waals surface area contributed by atoms with Crippen LogP contribution in [-0.4, -0.2) is 45.7 Å². The van der Waals surface area contributed by atoms with Crippen LogP contribution in [0.5, 0.6) is 0 Å². The van der Waals surface area contributed by atoms with Crippen LogP contribution in [0, 0.1) is 12.3 Å². The van der Waals surface area contributed by atoms with Gasteiger partial charge in [-0.3, -0.25) is 4.79 Å². The first-order valence-electron chi connectivity index (χ1n) is 3.74. The number of carbonyl (C=O) groups excluding carboxylic acids is 1. The van der Waals surface area contributed by atoms with Crippen LogP contribution in [0.2, 0.25) is 0 Å². The fourth-order valence-corrected chi connectivity index (χ4v) is 1.36. The minimum Gasteiger partial charge on any atom is -0.480 e. The second kappa shape index (κ2) is 3.46. The Bertz CT molecular complexity index is 280. The van der Waals surface area contributed by atoms with E-state index in [4.69, 9.17) is 16.6 Å². The smallest absolute Gasteiger partial charge is 0.326 e. The number of aliphatic hydroxyl groups excluding tert-OH is 1. The third kappa shape index (κ3) is 1.79.